The molecule has 2 aromatic carbocycles. The molecule has 3 aromatic rings. The molecule has 0 radical (unpaired) electrons. The lowest BCUT2D eigenvalue weighted by molar-refractivity contribution is -0.928. The molecule has 1 fully saturated rings. The van der Waals surface area contributed by atoms with Gasteiger partial charge in [-0.3, -0.25) is 0 Å². The van der Waals surface area contributed by atoms with Crippen molar-refractivity contribution in [3.05, 3.63) is 70.8 Å². The zero-order valence-electron chi connectivity index (χ0n) is 14.4. The summed E-state index contributed by atoms with van der Waals surface area (Å²) in [5.74, 6) is 0.797. The molecule has 4 nitrogen and oxygen atoms in total. The molecular weight excluding hydrogens is 349 g/mol. The van der Waals surface area contributed by atoms with Gasteiger partial charge in [0.15, 0.2) is 6.67 Å². The van der Waals surface area contributed by atoms with Crippen LogP contribution >= 0.6 is 12.2 Å². The molecule has 0 aliphatic carbocycles. The summed E-state index contributed by atoms with van der Waals surface area (Å²) in [6.45, 7) is 2.87. The highest BCUT2D eigenvalue weighted by Crippen LogP contribution is 2.23. The van der Waals surface area contributed by atoms with Gasteiger partial charge in [-0.2, -0.15) is 4.68 Å². The predicted octanol–water partition coefficient (Wildman–Crippen LogP) is 3.43. The molecule has 0 spiro atoms. The van der Waals surface area contributed by atoms with Crippen LogP contribution in [0.2, 0.25) is 0 Å². The smallest absolute Gasteiger partial charge is 0.292 e. The molecule has 1 aliphatic heterocycles. The van der Waals surface area contributed by atoms with Gasteiger partial charge in [0.2, 0.25) is 5.89 Å². The molecule has 6 heteroatoms. The zero-order chi connectivity index (χ0) is 17.9. The van der Waals surface area contributed by atoms with Crippen LogP contribution in [-0.2, 0) is 6.67 Å². The fourth-order valence-corrected chi connectivity index (χ4v) is 3.75. The first-order valence-electron chi connectivity index (χ1n) is 8.91. The molecule has 2 heterocycles. The monoisotopic (exact) mass is 370 g/mol. The maximum atomic E-state index is 13.1. The van der Waals surface area contributed by atoms with E-state index in [1.165, 1.54) is 22.6 Å². The first-order chi connectivity index (χ1) is 12.7. The van der Waals surface area contributed by atoms with Gasteiger partial charge in [0, 0.05) is 18.4 Å². The molecule has 0 atom stereocenters. The molecular formula is C20H21FN3OS+. The SMILES string of the molecule is Fc1ccc(-c2nn(C[NH+]3CCC(c4ccccc4)CC3)c(=S)o2)cc1. The second-order valence-corrected chi connectivity index (χ2v) is 7.12. The highest BCUT2D eigenvalue weighted by molar-refractivity contribution is 7.71. The van der Waals surface area contributed by atoms with E-state index in [4.69, 9.17) is 16.6 Å². The summed E-state index contributed by atoms with van der Waals surface area (Å²) in [6, 6.07) is 16.8. The highest BCUT2D eigenvalue weighted by atomic mass is 32.1. The van der Waals surface area contributed by atoms with E-state index in [9.17, 15) is 4.39 Å². The number of quaternary nitrogens is 1. The fraction of sp³-hybridized carbons (Fsp3) is 0.300. The summed E-state index contributed by atoms with van der Waals surface area (Å²) in [4.78, 5) is 1.81. The molecule has 0 unspecified atom stereocenters. The van der Waals surface area contributed by atoms with Gasteiger partial charge in [-0.05, 0) is 48.0 Å². The Hall–Kier alpha value is -2.31. The number of halogens is 1. The summed E-state index contributed by atoms with van der Waals surface area (Å²) in [6.07, 6.45) is 2.32. The first kappa shape index (κ1) is 17.1. The maximum absolute atomic E-state index is 13.1. The van der Waals surface area contributed by atoms with Crippen molar-refractivity contribution < 1.29 is 13.7 Å². The van der Waals surface area contributed by atoms with E-state index in [-0.39, 0.29) is 5.82 Å². The van der Waals surface area contributed by atoms with E-state index < -0.39 is 0 Å². The average molecular weight is 370 g/mol. The molecule has 0 amide bonds. The van der Waals surface area contributed by atoms with Crippen molar-refractivity contribution in [2.24, 2.45) is 0 Å². The maximum Gasteiger partial charge on any atom is 0.292 e. The standard InChI is InChI=1S/C20H20FN3OS/c21-18-8-6-17(7-9-18)19-22-24(20(26)25-19)14-23-12-10-16(11-13-23)15-4-2-1-3-5-15/h1-9,16H,10-14H2/p+1. The summed E-state index contributed by atoms with van der Waals surface area (Å²) >= 11 is 5.31. The van der Waals surface area contributed by atoms with Crippen molar-refractivity contribution >= 4 is 12.2 Å². The summed E-state index contributed by atoms with van der Waals surface area (Å²) in [5.41, 5.74) is 2.16. The van der Waals surface area contributed by atoms with Gasteiger partial charge in [-0.25, -0.2) is 4.39 Å². The third kappa shape index (κ3) is 3.76. The third-order valence-corrected chi connectivity index (χ3v) is 5.33. The average Bonchev–Trinajstić information content (AvgIpc) is 3.04. The van der Waals surface area contributed by atoms with Crippen LogP contribution < -0.4 is 4.90 Å². The van der Waals surface area contributed by atoms with E-state index in [2.05, 4.69) is 35.4 Å². The Balaban J connectivity index is 1.41. The van der Waals surface area contributed by atoms with Gasteiger partial charge >= 0.3 is 0 Å². The molecule has 26 heavy (non-hydrogen) atoms. The van der Waals surface area contributed by atoms with Gasteiger partial charge in [0.25, 0.3) is 4.84 Å². The molecule has 1 saturated heterocycles. The van der Waals surface area contributed by atoms with Crippen LogP contribution in [-0.4, -0.2) is 22.9 Å². The minimum atomic E-state index is -0.280. The first-order valence-corrected chi connectivity index (χ1v) is 9.32. The van der Waals surface area contributed by atoms with E-state index >= 15 is 0 Å². The van der Waals surface area contributed by atoms with Gasteiger partial charge in [-0.15, -0.1) is 5.10 Å². The number of rotatable bonds is 4. The number of hydrogen-bond donors (Lipinski definition) is 1. The van der Waals surface area contributed by atoms with Crippen LogP contribution in [0.3, 0.4) is 0 Å². The number of benzene rings is 2. The number of likely N-dealkylation sites (tertiary alicyclic amines) is 1. The van der Waals surface area contributed by atoms with Crippen molar-refractivity contribution in [3.8, 4) is 11.5 Å². The number of hydrogen-bond acceptors (Lipinski definition) is 3. The second-order valence-electron chi connectivity index (χ2n) is 6.77. The zero-order valence-corrected chi connectivity index (χ0v) is 15.2. The molecule has 0 saturated carbocycles. The largest absolute Gasteiger partial charge is 0.409 e. The fourth-order valence-electron chi connectivity index (χ4n) is 3.57. The van der Waals surface area contributed by atoms with Crippen molar-refractivity contribution in [2.45, 2.75) is 25.4 Å². The van der Waals surface area contributed by atoms with Crippen LogP contribution in [0.15, 0.2) is 59.0 Å². The number of aromatic nitrogens is 2. The quantitative estimate of drug-likeness (QED) is 0.715. The lowest BCUT2D eigenvalue weighted by atomic mass is 9.90. The molecule has 4 rings (SSSR count). The molecule has 134 valence electrons. The Kier molecular flexibility index (Phi) is 4.95. The Morgan fingerprint density at radius 2 is 1.77 bits per heavy atom. The van der Waals surface area contributed by atoms with Crippen molar-refractivity contribution in [1.82, 2.24) is 9.78 Å². The number of nitrogens with zero attached hydrogens (tertiary/aromatic N) is 2. The van der Waals surface area contributed by atoms with E-state index in [1.54, 1.807) is 16.8 Å². The number of piperidine rings is 1. The van der Waals surface area contributed by atoms with E-state index in [0.29, 0.717) is 23.3 Å². The van der Waals surface area contributed by atoms with Crippen molar-refractivity contribution in [3.63, 3.8) is 0 Å². The lowest BCUT2D eigenvalue weighted by Crippen LogP contribution is -3.12. The lowest BCUT2D eigenvalue weighted by Gasteiger charge is -2.29. The highest BCUT2D eigenvalue weighted by Gasteiger charge is 2.24. The summed E-state index contributed by atoms with van der Waals surface area (Å²) < 4.78 is 20.4. The van der Waals surface area contributed by atoms with Gasteiger partial charge in [0.05, 0.1) is 13.1 Å². The van der Waals surface area contributed by atoms with E-state index in [1.807, 2.05) is 0 Å². The van der Waals surface area contributed by atoms with Crippen LogP contribution in [0.1, 0.15) is 24.3 Å². The predicted molar refractivity (Wildman–Crippen MR) is 99.8 cm³/mol. The summed E-state index contributed by atoms with van der Waals surface area (Å²) in [7, 11) is 0. The Morgan fingerprint density at radius 3 is 2.46 bits per heavy atom. The van der Waals surface area contributed by atoms with Crippen LogP contribution in [0.25, 0.3) is 11.5 Å². The second kappa shape index (κ2) is 7.51. The van der Waals surface area contributed by atoms with Gasteiger partial charge < -0.3 is 9.32 Å². The molecule has 1 aromatic heterocycles. The molecule has 1 aliphatic rings. The van der Waals surface area contributed by atoms with Gasteiger partial charge in [-0.1, -0.05) is 30.3 Å². The molecule has 0 bridgehead atoms. The Labute approximate surface area is 156 Å². The normalized spacial score (nSPS) is 20.2. The van der Waals surface area contributed by atoms with Crippen LogP contribution in [0, 0.1) is 10.7 Å². The minimum absolute atomic E-state index is 0.280. The Morgan fingerprint density at radius 1 is 1.08 bits per heavy atom. The van der Waals surface area contributed by atoms with Crippen molar-refractivity contribution in [1.29, 1.82) is 0 Å². The summed E-state index contributed by atoms with van der Waals surface area (Å²) in [5, 5.41) is 4.48. The van der Waals surface area contributed by atoms with Gasteiger partial charge in [0.1, 0.15) is 5.82 Å². The van der Waals surface area contributed by atoms with Crippen LogP contribution in [0.4, 0.5) is 4.39 Å². The van der Waals surface area contributed by atoms with Crippen molar-refractivity contribution in [2.75, 3.05) is 13.1 Å². The number of nitrogens with one attached hydrogen (secondary N) is 1. The van der Waals surface area contributed by atoms with E-state index in [0.717, 1.165) is 31.5 Å². The Bertz CT molecular complexity index is 912. The van der Waals surface area contributed by atoms with Crippen LogP contribution in [0.5, 0.6) is 0 Å². The molecule has 1 N–H and O–H groups in total. The topological polar surface area (TPSA) is 35.4 Å². The third-order valence-electron chi connectivity index (χ3n) is 5.03. The minimum Gasteiger partial charge on any atom is -0.409 e.